The van der Waals surface area contributed by atoms with Gasteiger partial charge in [-0.15, -0.1) is 4.98 Å². The van der Waals surface area contributed by atoms with Crippen LogP contribution in [-0.2, 0) is 4.74 Å². The van der Waals surface area contributed by atoms with Gasteiger partial charge in [-0.1, -0.05) is 0 Å². The van der Waals surface area contributed by atoms with Crippen molar-refractivity contribution in [2.45, 2.75) is 6.10 Å². The highest BCUT2D eigenvalue weighted by Crippen LogP contribution is 2.23. The summed E-state index contributed by atoms with van der Waals surface area (Å²) in [6, 6.07) is 0.493. The predicted molar refractivity (Wildman–Crippen MR) is 63.5 cm³/mol. The van der Waals surface area contributed by atoms with Crippen LogP contribution in [-0.4, -0.2) is 67.4 Å². The lowest BCUT2D eigenvalue weighted by atomic mass is 10.2. The molecule has 1 unspecified atom stereocenters. The first-order valence-corrected chi connectivity index (χ1v) is 5.81. The van der Waals surface area contributed by atoms with E-state index in [0.717, 1.165) is 17.6 Å². The third-order valence-corrected chi connectivity index (χ3v) is 2.94. The molecule has 0 bridgehead atoms. The van der Waals surface area contributed by atoms with Crippen molar-refractivity contribution in [3.63, 3.8) is 0 Å². The van der Waals surface area contributed by atoms with E-state index in [1.807, 2.05) is 0 Å². The van der Waals surface area contributed by atoms with E-state index >= 15 is 0 Å². The Morgan fingerprint density at radius 1 is 1.11 bits per heavy atom. The van der Waals surface area contributed by atoms with Crippen molar-refractivity contribution in [1.29, 1.82) is 0 Å². The summed E-state index contributed by atoms with van der Waals surface area (Å²) in [5.41, 5.74) is 0. The summed E-state index contributed by atoms with van der Waals surface area (Å²) in [5, 5.41) is 0. The normalized spacial score (nSPS) is 21.4. The van der Waals surface area contributed by atoms with Gasteiger partial charge in [0, 0.05) is 0 Å². The van der Waals surface area contributed by atoms with Gasteiger partial charge < -0.3 is 31.1 Å². The summed E-state index contributed by atoms with van der Waals surface area (Å²) >= 11 is 0. The van der Waals surface area contributed by atoms with E-state index in [4.69, 9.17) is 14.2 Å². The molecular formula is C11H19ClN4O3. The largest absolute Gasteiger partial charge is 1.00 e. The quantitative estimate of drug-likeness (QED) is 0.554. The van der Waals surface area contributed by atoms with Crippen LogP contribution in [0.15, 0.2) is 0 Å². The predicted octanol–water partition coefficient (Wildman–Crippen LogP) is -2.96. The van der Waals surface area contributed by atoms with Crippen LogP contribution in [0, 0.1) is 0 Å². The zero-order chi connectivity index (χ0) is 13.2. The van der Waals surface area contributed by atoms with Gasteiger partial charge in [0.15, 0.2) is 11.9 Å². The number of halogens is 1. The standard InChI is InChI=1S/C11H19N4O3.ClH/c1-15(2)5-6-18-8(7-15)9-12-10(16-3)14-11(13-9)17-4;/h8H,5-7H2,1-4H3;1H/q+1;/p-1. The summed E-state index contributed by atoms with van der Waals surface area (Å²) in [4.78, 5) is 12.4. The van der Waals surface area contributed by atoms with Crippen LogP contribution in [0.2, 0.25) is 0 Å². The molecule has 1 fully saturated rings. The Morgan fingerprint density at radius 3 is 2.16 bits per heavy atom. The summed E-state index contributed by atoms with van der Waals surface area (Å²) in [5.74, 6) is 0.560. The molecule has 0 amide bonds. The third kappa shape index (κ3) is 3.89. The highest BCUT2D eigenvalue weighted by molar-refractivity contribution is 5.07. The number of morpholine rings is 1. The van der Waals surface area contributed by atoms with Crippen molar-refractivity contribution in [3.8, 4) is 12.0 Å². The fraction of sp³-hybridized carbons (Fsp3) is 0.727. The van der Waals surface area contributed by atoms with E-state index in [9.17, 15) is 0 Å². The Bertz CT molecular complexity index is 408. The molecule has 2 heterocycles. The van der Waals surface area contributed by atoms with Crippen LogP contribution in [0.5, 0.6) is 12.0 Å². The molecule has 0 aliphatic carbocycles. The zero-order valence-electron chi connectivity index (χ0n) is 11.6. The Kier molecular flexibility index (Phi) is 5.28. The minimum atomic E-state index is -0.153. The summed E-state index contributed by atoms with van der Waals surface area (Å²) in [6.45, 7) is 2.49. The summed E-state index contributed by atoms with van der Waals surface area (Å²) in [7, 11) is 7.34. The van der Waals surface area contributed by atoms with E-state index in [1.165, 1.54) is 14.2 Å². The number of hydrogen-bond acceptors (Lipinski definition) is 6. The van der Waals surface area contributed by atoms with Crippen LogP contribution < -0.4 is 21.9 Å². The second kappa shape index (κ2) is 6.31. The number of ether oxygens (including phenoxy) is 3. The molecule has 8 heteroatoms. The molecule has 1 aromatic heterocycles. The first-order valence-electron chi connectivity index (χ1n) is 5.81. The van der Waals surface area contributed by atoms with Crippen LogP contribution in [0.25, 0.3) is 0 Å². The van der Waals surface area contributed by atoms with E-state index in [1.54, 1.807) is 0 Å². The molecule has 1 aromatic rings. The molecule has 1 saturated heterocycles. The van der Waals surface area contributed by atoms with Crippen molar-refractivity contribution >= 4 is 0 Å². The molecule has 0 spiro atoms. The fourth-order valence-corrected chi connectivity index (χ4v) is 1.87. The van der Waals surface area contributed by atoms with Crippen LogP contribution in [0.4, 0.5) is 0 Å². The molecule has 2 rings (SSSR count). The maximum Gasteiger partial charge on any atom is 0.322 e. The zero-order valence-corrected chi connectivity index (χ0v) is 12.3. The minimum Gasteiger partial charge on any atom is -1.00 e. The van der Waals surface area contributed by atoms with Gasteiger partial charge in [0.2, 0.25) is 0 Å². The number of quaternary nitrogens is 1. The van der Waals surface area contributed by atoms with E-state index in [-0.39, 0.29) is 30.5 Å². The maximum absolute atomic E-state index is 5.72. The number of nitrogens with zero attached hydrogens (tertiary/aromatic N) is 4. The third-order valence-electron chi connectivity index (χ3n) is 2.94. The number of likely N-dealkylation sites (N-methyl/N-ethyl adjacent to an activating group) is 1. The fourth-order valence-electron chi connectivity index (χ4n) is 1.87. The molecule has 19 heavy (non-hydrogen) atoms. The van der Waals surface area contributed by atoms with Crippen molar-refractivity contribution in [2.24, 2.45) is 0 Å². The topological polar surface area (TPSA) is 66.4 Å². The summed E-state index contributed by atoms with van der Waals surface area (Å²) < 4.78 is 16.7. The first kappa shape index (κ1) is 15.9. The van der Waals surface area contributed by atoms with Crippen molar-refractivity contribution in [2.75, 3.05) is 48.0 Å². The lowest BCUT2D eigenvalue weighted by Crippen LogP contribution is -3.00. The van der Waals surface area contributed by atoms with Crippen molar-refractivity contribution < 1.29 is 31.1 Å². The second-order valence-electron chi connectivity index (χ2n) is 4.87. The molecule has 1 aliphatic rings. The SMILES string of the molecule is COc1nc(OC)nc(C2C[N+](C)(C)CCO2)n1.[Cl-]. The van der Waals surface area contributed by atoms with Gasteiger partial charge in [-0.3, -0.25) is 0 Å². The second-order valence-corrected chi connectivity index (χ2v) is 4.87. The Hall–Kier alpha value is -1.18. The Morgan fingerprint density at radius 2 is 1.68 bits per heavy atom. The van der Waals surface area contributed by atoms with Crippen LogP contribution in [0.3, 0.4) is 0 Å². The Labute approximate surface area is 118 Å². The number of rotatable bonds is 3. The first-order chi connectivity index (χ1) is 8.54. The van der Waals surface area contributed by atoms with E-state index in [2.05, 4.69) is 29.0 Å². The molecule has 7 nitrogen and oxygen atoms in total. The van der Waals surface area contributed by atoms with Gasteiger partial charge in [-0.25, -0.2) is 0 Å². The maximum atomic E-state index is 5.72. The van der Waals surface area contributed by atoms with Gasteiger partial charge in [-0.2, -0.15) is 9.97 Å². The number of aromatic nitrogens is 3. The highest BCUT2D eigenvalue weighted by atomic mass is 35.5. The minimum absolute atomic E-state index is 0. The molecule has 0 radical (unpaired) electrons. The average molecular weight is 291 g/mol. The molecule has 108 valence electrons. The molecule has 1 aliphatic heterocycles. The molecule has 0 saturated carbocycles. The monoisotopic (exact) mass is 290 g/mol. The molecule has 0 aromatic carbocycles. The average Bonchev–Trinajstić information content (AvgIpc) is 2.37. The Balaban J connectivity index is 0.00000180. The van der Waals surface area contributed by atoms with Gasteiger partial charge in [0.1, 0.15) is 13.1 Å². The van der Waals surface area contributed by atoms with Crippen molar-refractivity contribution in [1.82, 2.24) is 15.0 Å². The van der Waals surface area contributed by atoms with E-state index in [0.29, 0.717) is 12.4 Å². The van der Waals surface area contributed by atoms with Gasteiger partial charge >= 0.3 is 12.0 Å². The lowest BCUT2D eigenvalue weighted by molar-refractivity contribution is -0.902. The lowest BCUT2D eigenvalue weighted by Gasteiger charge is -2.37. The van der Waals surface area contributed by atoms with Gasteiger partial charge in [0.05, 0.1) is 34.9 Å². The van der Waals surface area contributed by atoms with Gasteiger partial charge in [0.25, 0.3) is 0 Å². The number of hydrogen-bond donors (Lipinski definition) is 0. The van der Waals surface area contributed by atoms with Crippen LogP contribution in [0.1, 0.15) is 11.9 Å². The molecule has 0 N–H and O–H groups in total. The van der Waals surface area contributed by atoms with Gasteiger partial charge in [-0.05, 0) is 0 Å². The highest BCUT2D eigenvalue weighted by Gasteiger charge is 2.32. The van der Waals surface area contributed by atoms with E-state index < -0.39 is 0 Å². The number of methoxy groups -OCH3 is 2. The summed E-state index contributed by atoms with van der Waals surface area (Å²) in [6.07, 6.45) is -0.153. The molecule has 1 atom stereocenters. The smallest absolute Gasteiger partial charge is 0.322 e. The van der Waals surface area contributed by atoms with Crippen molar-refractivity contribution in [3.05, 3.63) is 5.82 Å². The van der Waals surface area contributed by atoms with Crippen LogP contribution >= 0.6 is 0 Å². The molecular weight excluding hydrogens is 272 g/mol.